The molecule has 1 fully saturated rings. The van der Waals surface area contributed by atoms with E-state index in [0.717, 1.165) is 5.75 Å². The summed E-state index contributed by atoms with van der Waals surface area (Å²) in [7, 11) is 0. The number of likely N-dealkylation sites (tertiary alicyclic amines) is 1. The first-order chi connectivity index (χ1) is 12.8. The lowest BCUT2D eigenvalue weighted by atomic mass is 9.97. The molecule has 3 rings (SSSR count). The number of amides is 1. The highest BCUT2D eigenvalue weighted by Crippen LogP contribution is 2.25. The van der Waals surface area contributed by atoms with Gasteiger partial charge in [-0.05, 0) is 63.6 Å². The first-order valence-corrected chi connectivity index (χ1v) is 9.17. The molecule has 0 radical (unpaired) electrons. The first-order valence-electron chi connectivity index (χ1n) is 9.17. The van der Waals surface area contributed by atoms with Gasteiger partial charge < -0.3 is 14.4 Å². The highest BCUT2D eigenvalue weighted by atomic mass is 16.6. The van der Waals surface area contributed by atoms with Crippen LogP contribution in [0.1, 0.15) is 37.6 Å². The standard InChI is InChI=1S/C22H25NO4/c1-22(2,3)27-21(25)23-14-13-17(15-23)20(24)16-9-11-19(12-10-16)26-18-7-5-4-6-8-18/h4-12,17H,13-15H2,1-3H3/t17-/m1/s1. The summed E-state index contributed by atoms with van der Waals surface area (Å²) in [6.45, 7) is 6.45. The molecule has 0 aliphatic carbocycles. The summed E-state index contributed by atoms with van der Waals surface area (Å²) in [6.07, 6.45) is 0.296. The molecule has 1 heterocycles. The molecule has 5 heteroatoms. The Morgan fingerprint density at radius 2 is 1.59 bits per heavy atom. The molecule has 0 N–H and O–H groups in total. The van der Waals surface area contributed by atoms with Gasteiger partial charge in [0.25, 0.3) is 0 Å². The number of benzene rings is 2. The quantitative estimate of drug-likeness (QED) is 0.720. The Bertz CT molecular complexity index is 793. The maximum Gasteiger partial charge on any atom is 0.410 e. The maximum absolute atomic E-state index is 12.8. The summed E-state index contributed by atoms with van der Waals surface area (Å²) in [4.78, 5) is 26.5. The van der Waals surface area contributed by atoms with Gasteiger partial charge in [0.15, 0.2) is 5.78 Å². The third-order valence-corrected chi connectivity index (χ3v) is 4.33. The molecule has 5 nitrogen and oxygen atoms in total. The SMILES string of the molecule is CC(C)(C)OC(=O)N1CC[C@@H](C(=O)c2ccc(Oc3ccccc3)cc2)C1. The lowest BCUT2D eigenvalue weighted by Crippen LogP contribution is -2.35. The smallest absolute Gasteiger partial charge is 0.410 e. The summed E-state index contributed by atoms with van der Waals surface area (Å²) >= 11 is 0. The lowest BCUT2D eigenvalue weighted by Gasteiger charge is -2.24. The molecule has 0 saturated carbocycles. The Morgan fingerprint density at radius 1 is 0.963 bits per heavy atom. The number of rotatable bonds is 4. The number of ketones is 1. The van der Waals surface area contributed by atoms with Gasteiger partial charge in [-0.3, -0.25) is 4.79 Å². The van der Waals surface area contributed by atoms with Crippen molar-refractivity contribution in [1.82, 2.24) is 4.90 Å². The highest BCUT2D eigenvalue weighted by Gasteiger charge is 2.33. The molecule has 1 amide bonds. The van der Waals surface area contributed by atoms with Crippen molar-refractivity contribution >= 4 is 11.9 Å². The zero-order valence-electron chi connectivity index (χ0n) is 16.0. The summed E-state index contributed by atoms with van der Waals surface area (Å²) in [5.41, 5.74) is 0.0970. The molecule has 1 atom stereocenters. The van der Waals surface area contributed by atoms with Crippen molar-refractivity contribution in [1.29, 1.82) is 0 Å². The number of carbonyl (C=O) groups is 2. The molecule has 142 valence electrons. The van der Waals surface area contributed by atoms with Crippen molar-refractivity contribution in [2.75, 3.05) is 13.1 Å². The number of Topliss-reactive ketones (excluding diaryl/α,β-unsaturated/α-hetero) is 1. The Kier molecular flexibility index (Phi) is 5.49. The van der Waals surface area contributed by atoms with E-state index >= 15 is 0 Å². The Hall–Kier alpha value is -2.82. The number of para-hydroxylation sites is 1. The van der Waals surface area contributed by atoms with Gasteiger partial charge in [-0.2, -0.15) is 0 Å². The maximum atomic E-state index is 12.8. The van der Waals surface area contributed by atoms with Gasteiger partial charge in [0.05, 0.1) is 0 Å². The van der Waals surface area contributed by atoms with E-state index in [0.29, 0.717) is 30.8 Å². The topological polar surface area (TPSA) is 55.8 Å². The van der Waals surface area contributed by atoms with Gasteiger partial charge in [-0.15, -0.1) is 0 Å². The van der Waals surface area contributed by atoms with Crippen LogP contribution in [0.25, 0.3) is 0 Å². The average molecular weight is 367 g/mol. The van der Waals surface area contributed by atoms with Crippen LogP contribution < -0.4 is 4.74 Å². The van der Waals surface area contributed by atoms with E-state index in [2.05, 4.69) is 0 Å². The van der Waals surface area contributed by atoms with Crippen LogP contribution in [0.15, 0.2) is 54.6 Å². The first kappa shape index (κ1) is 19.0. The Balaban J connectivity index is 1.59. The summed E-state index contributed by atoms with van der Waals surface area (Å²) < 4.78 is 11.1. The predicted molar refractivity (Wildman–Crippen MR) is 103 cm³/mol. The minimum atomic E-state index is -0.534. The summed E-state index contributed by atoms with van der Waals surface area (Å²) in [6, 6.07) is 16.6. The molecule has 0 spiro atoms. The zero-order valence-corrected chi connectivity index (χ0v) is 16.0. The van der Waals surface area contributed by atoms with Crippen molar-refractivity contribution < 1.29 is 19.1 Å². The van der Waals surface area contributed by atoms with Crippen molar-refractivity contribution in [2.24, 2.45) is 5.92 Å². The third-order valence-electron chi connectivity index (χ3n) is 4.33. The second kappa shape index (κ2) is 7.82. The summed E-state index contributed by atoms with van der Waals surface area (Å²) in [5.74, 6) is 1.28. The number of hydrogen-bond acceptors (Lipinski definition) is 4. The fraction of sp³-hybridized carbons (Fsp3) is 0.364. The van der Waals surface area contributed by atoms with E-state index in [1.165, 1.54) is 0 Å². The molecule has 1 aliphatic heterocycles. The minimum absolute atomic E-state index is 0.0484. The largest absolute Gasteiger partial charge is 0.457 e. The van der Waals surface area contributed by atoms with Crippen LogP contribution in [-0.4, -0.2) is 35.5 Å². The molecule has 0 unspecified atom stereocenters. The number of ether oxygens (including phenoxy) is 2. The second-order valence-electron chi connectivity index (χ2n) is 7.72. The lowest BCUT2D eigenvalue weighted by molar-refractivity contribution is 0.0289. The molecule has 27 heavy (non-hydrogen) atoms. The Labute approximate surface area is 159 Å². The number of hydrogen-bond donors (Lipinski definition) is 0. The van der Waals surface area contributed by atoms with Crippen LogP contribution in [0, 0.1) is 5.92 Å². The van der Waals surface area contributed by atoms with Crippen molar-refractivity contribution in [3.63, 3.8) is 0 Å². The van der Waals surface area contributed by atoms with E-state index in [4.69, 9.17) is 9.47 Å². The molecule has 2 aromatic rings. The van der Waals surface area contributed by atoms with E-state index in [1.807, 2.05) is 51.1 Å². The van der Waals surface area contributed by atoms with Crippen LogP contribution in [0.3, 0.4) is 0 Å². The highest BCUT2D eigenvalue weighted by molar-refractivity contribution is 5.98. The fourth-order valence-corrected chi connectivity index (χ4v) is 3.01. The van der Waals surface area contributed by atoms with Gasteiger partial charge in [0, 0.05) is 24.6 Å². The van der Waals surface area contributed by atoms with Gasteiger partial charge in [0.2, 0.25) is 0 Å². The second-order valence-corrected chi connectivity index (χ2v) is 7.72. The van der Waals surface area contributed by atoms with Gasteiger partial charge >= 0.3 is 6.09 Å². The van der Waals surface area contributed by atoms with Crippen LogP contribution in [0.5, 0.6) is 11.5 Å². The molecule has 2 aromatic carbocycles. The molecule has 1 saturated heterocycles. The van der Waals surface area contributed by atoms with E-state index in [1.54, 1.807) is 29.2 Å². The van der Waals surface area contributed by atoms with Crippen LogP contribution in [0.4, 0.5) is 4.79 Å². The predicted octanol–water partition coefficient (Wildman–Crippen LogP) is 4.92. The van der Waals surface area contributed by atoms with Crippen molar-refractivity contribution in [3.8, 4) is 11.5 Å². The van der Waals surface area contributed by atoms with Crippen molar-refractivity contribution in [2.45, 2.75) is 32.8 Å². The van der Waals surface area contributed by atoms with Crippen LogP contribution >= 0.6 is 0 Å². The van der Waals surface area contributed by atoms with Gasteiger partial charge in [-0.25, -0.2) is 4.79 Å². The molecule has 0 aromatic heterocycles. The zero-order chi connectivity index (χ0) is 19.4. The summed E-state index contributed by atoms with van der Waals surface area (Å²) in [5, 5.41) is 0. The fourth-order valence-electron chi connectivity index (χ4n) is 3.01. The van der Waals surface area contributed by atoms with Crippen molar-refractivity contribution in [3.05, 3.63) is 60.2 Å². The van der Waals surface area contributed by atoms with E-state index < -0.39 is 5.60 Å². The van der Waals surface area contributed by atoms with Crippen LogP contribution in [0.2, 0.25) is 0 Å². The molecular formula is C22H25NO4. The number of nitrogens with zero attached hydrogens (tertiary/aromatic N) is 1. The Morgan fingerprint density at radius 3 is 2.22 bits per heavy atom. The number of carbonyl (C=O) groups excluding carboxylic acids is 2. The van der Waals surface area contributed by atoms with Gasteiger partial charge in [-0.1, -0.05) is 18.2 Å². The van der Waals surface area contributed by atoms with Gasteiger partial charge in [0.1, 0.15) is 17.1 Å². The minimum Gasteiger partial charge on any atom is -0.457 e. The molecular weight excluding hydrogens is 342 g/mol. The molecule has 0 bridgehead atoms. The third kappa shape index (κ3) is 5.09. The molecule has 1 aliphatic rings. The average Bonchev–Trinajstić information content (AvgIpc) is 3.12. The van der Waals surface area contributed by atoms with E-state index in [-0.39, 0.29) is 17.8 Å². The van der Waals surface area contributed by atoms with Crippen LogP contribution in [-0.2, 0) is 4.74 Å². The monoisotopic (exact) mass is 367 g/mol. The van der Waals surface area contributed by atoms with E-state index in [9.17, 15) is 9.59 Å². The normalized spacial score (nSPS) is 16.9.